The number of carbonyl (C=O) groups excluding carboxylic acids is 2. The number of nitrogens with one attached hydrogen (secondary N) is 2. The zero-order valence-electron chi connectivity index (χ0n) is 13.2. The van der Waals surface area contributed by atoms with E-state index in [1.807, 2.05) is 6.92 Å². The van der Waals surface area contributed by atoms with E-state index in [0.29, 0.717) is 24.3 Å². The molecule has 5 nitrogen and oxygen atoms in total. The topological polar surface area (TPSA) is 67.4 Å². The number of thioether (sulfide) groups is 1. The molecule has 0 aromatic heterocycles. The van der Waals surface area contributed by atoms with E-state index < -0.39 is 6.04 Å². The van der Waals surface area contributed by atoms with Crippen LogP contribution >= 0.6 is 11.8 Å². The van der Waals surface area contributed by atoms with E-state index in [0.717, 1.165) is 0 Å². The first-order valence-corrected chi connectivity index (χ1v) is 8.50. The molecule has 7 heteroatoms. The van der Waals surface area contributed by atoms with Crippen LogP contribution in [0.5, 0.6) is 0 Å². The Bertz CT molecular complexity index is 570. The Hall–Kier alpha value is -1.60. The second-order valence-electron chi connectivity index (χ2n) is 5.54. The molecule has 0 aliphatic carbocycles. The van der Waals surface area contributed by atoms with Gasteiger partial charge in [0.15, 0.2) is 0 Å². The summed E-state index contributed by atoms with van der Waals surface area (Å²) in [6, 6.07) is 5.74. The quantitative estimate of drug-likeness (QED) is 0.814. The third kappa shape index (κ3) is 4.94. The number of benzene rings is 1. The summed E-state index contributed by atoms with van der Waals surface area (Å²) in [5, 5.41) is 5.13. The zero-order chi connectivity index (χ0) is 16.8. The fourth-order valence-corrected chi connectivity index (χ4v) is 3.56. The molecule has 2 N–H and O–H groups in total. The van der Waals surface area contributed by atoms with Gasteiger partial charge in [-0.3, -0.25) is 9.59 Å². The van der Waals surface area contributed by atoms with Gasteiger partial charge in [-0.15, -0.1) is 11.8 Å². The van der Waals surface area contributed by atoms with E-state index in [1.54, 1.807) is 25.3 Å². The number of hydrogen-bond donors (Lipinski definition) is 2. The van der Waals surface area contributed by atoms with Crippen molar-refractivity contribution in [2.45, 2.75) is 30.7 Å². The van der Waals surface area contributed by atoms with Crippen molar-refractivity contribution < 1.29 is 18.7 Å². The first-order chi connectivity index (χ1) is 11.0. The van der Waals surface area contributed by atoms with Crippen LogP contribution in [0.25, 0.3) is 0 Å². The molecule has 1 fully saturated rings. The number of amides is 2. The second-order valence-corrected chi connectivity index (χ2v) is 6.78. The summed E-state index contributed by atoms with van der Waals surface area (Å²) < 4.78 is 18.6. The first-order valence-electron chi connectivity index (χ1n) is 7.46. The zero-order valence-corrected chi connectivity index (χ0v) is 14.0. The van der Waals surface area contributed by atoms with Gasteiger partial charge in [0.1, 0.15) is 11.9 Å². The molecule has 0 radical (unpaired) electrons. The van der Waals surface area contributed by atoms with Crippen molar-refractivity contribution in [1.82, 2.24) is 10.6 Å². The number of hydrogen-bond acceptors (Lipinski definition) is 4. The molecule has 2 amide bonds. The van der Waals surface area contributed by atoms with Gasteiger partial charge in [-0.05, 0) is 25.0 Å². The molecule has 1 aromatic carbocycles. The lowest BCUT2D eigenvalue weighted by atomic mass is 10.1. The standard InChI is InChI=1S/C16H21FN2O3S/c1-10(8-22-2)18-15(20)13-9-23-14(16(21)19-13)7-11-5-3-4-6-12(11)17/h3-6,10,13-14H,7-9H2,1-2H3,(H,18,20)(H,19,21)/t10-,13+,14+/m0/s1. The molecule has 1 aromatic rings. The maximum atomic E-state index is 13.7. The molecular formula is C16H21FN2O3S. The second kappa shape index (κ2) is 8.31. The minimum Gasteiger partial charge on any atom is -0.383 e. The van der Waals surface area contributed by atoms with E-state index in [9.17, 15) is 14.0 Å². The molecule has 1 aliphatic rings. The maximum absolute atomic E-state index is 13.7. The number of rotatable bonds is 6. The minimum absolute atomic E-state index is 0.120. The molecule has 23 heavy (non-hydrogen) atoms. The van der Waals surface area contributed by atoms with Crippen LogP contribution in [0.4, 0.5) is 4.39 Å². The monoisotopic (exact) mass is 340 g/mol. The predicted molar refractivity (Wildman–Crippen MR) is 87.8 cm³/mol. The molecule has 0 spiro atoms. The number of ether oxygens (including phenoxy) is 1. The summed E-state index contributed by atoms with van der Waals surface area (Å²) in [5.41, 5.74) is 0.511. The number of methoxy groups -OCH3 is 1. The highest BCUT2D eigenvalue weighted by Gasteiger charge is 2.33. The van der Waals surface area contributed by atoms with Gasteiger partial charge < -0.3 is 15.4 Å². The van der Waals surface area contributed by atoms with Gasteiger partial charge in [0.05, 0.1) is 11.9 Å². The summed E-state index contributed by atoms with van der Waals surface area (Å²) in [4.78, 5) is 24.3. The van der Waals surface area contributed by atoms with E-state index in [-0.39, 0.29) is 28.9 Å². The van der Waals surface area contributed by atoms with Crippen molar-refractivity contribution in [1.29, 1.82) is 0 Å². The lowest BCUT2D eigenvalue weighted by molar-refractivity contribution is -0.129. The average Bonchev–Trinajstić information content (AvgIpc) is 2.51. The van der Waals surface area contributed by atoms with Crippen molar-refractivity contribution >= 4 is 23.6 Å². The third-order valence-electron chi connectivity index (χ3n) is 3.56. The number of halogens is 1. The Kier molecular flexibility index (Phi) is 6.41. The molecule has 1 heterocycles. The van der Waals surface area contributed by atoms with E-state index in [2.05, 4.69) is 10.6 Å². The van der Waals surface area contributed by atoms with Crippen molar-refractivity contribution in [3.05, 3.63) is 35.6 Å². The minimum atomic E-state index is -0.566. The average molecular weight is 340 g/mol. The Labute approximate surface area is 139 Å². The van der Waals surface area contributed by atoms with Crippen LogP contribution in [-0.4, -0.2) is 48.6 Å². The van der Waals surface area contributed by atoms with E-state index >= 15 is 0 Å². The fraction of sp³-hybridized carbons (Fsp3) is 0.500. The normalized spacial score (nSPS) is 22.3. The van der Waals surface area contributed by atoms with Gasteiger partial charge in [-0.2, -0.15) is 0 Å². The van der Waals surface area contributed by atoms with Gasteiger partial charge in [0, 0.05) is 18.9 Å². The Balaban J connectivity index is 1.88. The van der Waals surface area contributed by atoms with Crippen LogP contribution in [0.3, 0.4) is 0 Å². The lowest BCUT2D eigenvalue weighted by Gasteiger charge is -2.29. The van der Waals surface area contributed by atoms with Crippen molar-refractivity contribution in [2.75, 3.05) is 19.5 Å². The molecule has 0 bridgehead atoms. The predicted octanol–water partition coefficient (Wildman–Crippen LogP) is 1.12. The lowest BCUT2D eigenvalue weighted by Crippen LogP contribution is -2.56. The molecule has 0 saturated carbocycles. The molecule has 1 aliphatic heterocycles. The molecule has 0 unspecified atom stereocenters. The highest BCUT2D eigenvalue weighted by atomic mass is 32.2. The fourth-order valence-electron chi connectivity index (χ4n) is 2.39. The van der Waals surface area contributed by atoms with E-state index in [1.165, 1.54) is 17.8 Å². The Morgan fingerprint density at radius 3 is 2.91 bits per heavy atom. The molecular weight excluding hydrogens is 319 g/mol. The molecule has 1 saturated heterocycles. The van der Waals surface area contributed by atoms with Gasteiger partial charge in [0.2, 0.25) is 11.8 Å². The summed E-state index contributed by atoms with van der Waals surface area (Å²) in [7, 11) is 1.56. The Morgan fingerprint density at radius 2 is 2.26 bits per heavy atom. The number of carbonyl (C=O) groups is 2. The van der Waals surface area contributed by atoms with Crippen LogP contribution in [0.1, 0.15) is 12.5 Å². The van der Waals surface area contributed by atoms with Gasteiger partial charge in [-0.1, -0.05) is 18.2 Å². The third-order valence-corrected chi connectivity index (χ3v) is 4.87. The van der Waals surface area contributed by atoms with Gasteiger partial charge in [0.25, 0.3) is 0 Å². The summed E-state index contributed by atoms with van der Waals surface area (Å²) in [5.74, 6) is -0.297. The summed E-state index contributed by atoms with van der Waals surface area (Å²) in [6.07, 6.45) is 0.317. The van der Waals surface area contributed by atoms with Crippen molar-refractivity contribution in [2.24, 2.45) is 0 Å². The highest BCUT2D eigenvalue weighted by Crippen LogP contribution is 2.23. The molecule has 2 rings (SSSR count). The van der Waals surface area contributed by atoms with Gasteiger partial charge in [-0.25, -0.2) is 4.39 Å². The van der Waals surface area contributed by atoms with Crippen molar-refractivity contribution in [3.8, 4) is 0 Å². The molecule has 3 atom stereocenters. The SMILES string of the molecule is COC[C@H](C)NC(=O)[C@H]1CS[C@H](Cc2ccccc2F)C(=O)N1. The first kappa shape index (κ1) is 17.7. The van der Waals surface area contributed by atoms with Gasteiger partial charge >= 0.3 is 0 Å². The highest BCUT2D eigenvalue weighted by molar-refractivity contribution is 8.00. The van der Waals surface area contributed by atoms with Crippen LogP contribution < -0.4 is 10.6 Å². The van der Waals surface area contributed by atoms with Crippen LogP contribution in [-0.2, 0) is 20.7 Å². The van der Waals surface area contributed by atoms with Crippen LogP contribution in [0.2, 0.25) is 0 Å². The summed E-state index contributed by atoms with van der Waals surface area (Å²) in [6.45, 7) is 2.25. The van der Waals surface area contributed by atoms with Crippen molar-refractivity contribution in [3.63, 3.8) is 0 Å². The van der Waals surface area contributed by atoms with E-state index in [4.69, 9.17) is 4.74 Å². The maximum Gasteiger partial charge on any atom is 0.243 e. The summed E-state index contributed by atoms with van der Waals surface area (Å²) >= 11 is 1.38. The largest absolute Gasteiger partial charge is 0.383 e. The Morgan fingerprint density at radius 1 is 1.52 bits per heavy atom. The van der Waals surface area contributed by atoms with Crippen LogP contribution in [0, 0.1) is 5.82 Å². The smallest absolute Gasteiger partial charge is 0.243 e. The molecule has 126 valence electrons. The van der Waals surface area contributed by atoms with Crippen LogP contribution in [0.15, 0.2) is 24.3 Å².